The van der Waals surface area contributed by atoms with Crippen molar-refractivity contribution < 1.29 is 24.2 Å². The van der Waals surface area contributed by atoms with Gasteiger partial charge in [-0.25, -0.2) is 0 Å². The molecule has 6 nitrogen and oxygen atoms in total. The molecule has 0 saturated heterocycles. The SMILES string of the molecule is COC(=O)CC(c1ccc(C)c(C)c1)c1c(O)ccc2c(=O)c(-c3ccc(O)cc3)coc12. The van der Waals surface area contributed by atoms with Crippen LogP contribution in [0.25, 0.3) is 22.1 Å². The Balaban J connectivity index is 1.94. The van der Waals surface area contributed by atoms with Crippen LogP contribution in [0, 0.1) is 13.8 Å². The third-order valence-electron chi connectivity index (χ3n) is 6.02. The molecule has 33 heavy (non-hydrogen) atoms. The normalized spacial score (nSPS) is 12.0. The number of ether oxygens (including phenoxy) is 1. The Kier molecular flexibility index (Phi) is 5.92. The lowest BCUT2D eigenvalue weighted by atomic mass is 9.85. The molecular weight excluding hydrogens is 420 g/mol. The van der Waals surface area contributed by atoms with Crippen molar-refractivity contribution in [1.82, 2.24) is 0 Å². The van der Waals surface area contributed by atoms with Crippen molar-refractivity contribution in [2.45, 2.75) is 26.2 Å². The lowest BCUT2D eigenvalue weighted by Crippen LogP contribution is -2.13. The maximum Gasteiger partial charge on any atom is 0.306 e. The number of phenols is 2. The number of phenolic OH excluding ortho intramolecular Hbond substituents is 2. The van der Waals surface area contributed by atoms with Crippen molar-refractivity contribution in [3.8, 4) is 22.6 Å². The van der Waals surface area contributed by atoms with Gasteiger partial charge < -0.3 is 19.4 Å². The van der Waals surface area contributed by atoms with Gasteiger partial charge in [-0.2, -0.15) is 0 Å². The first kappa shape index (κ1) is 22.1. The number of esters is 1. The highest BCUT2D eigenvalue weighted by molar-refractivity contribution is 5.87. The minimum Gasteiger partial charge on any atom is -0.508 e. The first-order valence-electron chi connectivity index (χ1n) is 10.5. The lowest BCUT2D eigenvalue weighted by molar-refractivity contribution is -0.140. The van der Waals surface area contributed by atoms with Crippen LogP contribution in [-0.4, -0.2) is 23.3 Å². The van der Waals surface area contributed by atoms with Gasteiger partial charge >= 0.3 is 5.97 Å². The summed E-state index contributed by atoms with van der Waals surface area (Å²) in [5.41, 5.74) is 4.16. The van der Waals surface area contributed by atoms with Crippen LogP contribution in [0.3, 0.4) is 0 Å². The zero-order valence-corrected chi connectivity index (χ0v) is 18.6. The predicted octanol–water partition coefficient (Wildman–Crippen LogP) is 5.18. The summed E-state index contributed by atoms with van der Waals surface area (Å²) in [5.74, 6) is -1.01. The standard InChI is InChI=1S/C27H24O6/c1-15-4-5-18(12-16(15)2)21(13-24(30)32-3)25-23(29)11-10-20-26(31)22(14-33-27(20)25)17-6-8-19(28)9-7-17/h4-12,14,21,28-29H,13H2,1-3H3. The summed E-state index contributed by atoms with van der Waals surface area (Å²) in [6.07, 6.45) is 1.31. The molecule has 6 heteroatoms. The summed E-state index contributed by atoms with van der Waals surface area (Å²) >= 11 is 0. The molecule has 0 fully saturated rings. The van der Waals surface area contributed by atoms with E-state index >= 15 is 0 Å². The molecule has 0 bridgehead atoms. The maximum absolute atomic E-state index is 13.3. The Bertz CT molecular complexity index is 1400. The van der Waals surface area contributed by atoms with Crippen LogP contribution < -0.4 is 5.43 Å². The number of aryl methyl sites for hydroxylation is 2. The highest BCUT2D eigenvalue weighted by atomic mass is 16.5. The van der Waals surface area contributed by atoms with Crippen LogP contribution in [0.4, 0.5) is 0 Å². The second-order valence-electron chi connectivity index (χ2n) is 8.08. The molecule has 1 unspecified atom stereocenters. The molecule has 2 N–H and O–H groups in total. The Morgan fingerprint density at radius 3 is 2.39 bits per heavy atom. The number of hydrogen-bond acceptors (Lipinski definition) is 6. The second-order valence-corrected chi connectivity index (χ2v) is 8.08. The minimum atomic E-state index is -0.580. The van der Waals surface area contributed by atoms with E-state index in [9.17, 15) is 19.8 Å². The van der Waals surface area contributed by atoms with Gasteiger partial charge in [-0.05, 0) is 60.4 Å². The van der Waals surface area contributed by atoms with Crippen molar-refractivity contribution >= 4 is 16.9 Å². The highest BCUT2D eigenvalue weighted by Crippen LogP contribution is 2.39. The Hall–Kier alpha value is -4.06. The van der Waals surface area contributed by atoms with Crippen LogP contribution in [0.5, 0.6) is 11.5 Å². The first-order valence-corrected chi connectivity index (χ1v) is 10.5. The molecule has 3 aromatic carbocycles. The Morgan fingerprint density at radius 2 is 1.73 bits per heavy atom. The van der Waals surface area contributed by atoms with E-state index in [4.69, 9.17) is 9.15 Å². The summed E-state index contributed by atoms with van der Waals surface area (Å²) in [5, 5.41) is 20.6. The van der Waals surface area contributed by atoms with E-state index < -0.39 is 11.9 Å². The number of methoxy groups -OCH3 is 1. The van der Waals surface area contributed by atoms with Gasteiger partial charge in [0.05, 0.1) is 24.5 Å². The van der Waals surface area contributed by atoms with Gasteiger partial charge in [-0.15, -0.1) is 0 Å². The van der Waals surface area contributed by atoms with Crippen molar-refractivity contribution in [3.05, 3.63) is 93.3 Å². The van der Waals surface area contributed by atoms with E-state index in [0.29, 0.717) is 16.7 Å². The summed E-state index contributed by atoms with van der Waals surface area (Å²) < 4.78 is 10.8. The van der Waals surface area contributed by atoms with Gasteiger partial charge in [0.2, 0.25) is 5.43 Å². The number of benzene rings is 3. The average molecular weight is 444 g/mol. The Labute approximate surface area is 190 Å². The number of fused-ring (bicyclic) bond motifs is 1. The van der Waals surface area contributed by atoms with Gasteiger partial charge in [-0.1, -0.05) is 30.3 Å². The molecule has 1 aromatic heterocycles. The van der Waals surface area contributed by atoms with Crippen LogP contribution in [0.2, 0.25) is 0 Å². The van der Waals surface area contributed by atoms with E-state index in [-0.39, 0.29) is 34.3 Å². The van der Waals surface area contributed by atoms with E-state index in [1.807, 2.05) is 32.0 Å². The van der Waals surface area contributed by atoms with Crippen LogP contribution in [-0.2, 0) is 9.53 Å². The predicted molar refractivity (Wildman–Crippen MR) is 126 cm³/mol. The van der Waals surface area contributed by atoms with Crippen LogP contribution in [0.1, 0.15) is 34.6 Å². The molecule has 4 rings (SSSR count). The fourth-order valence-corrected chi connectivity index (χ4v) is 4.01. The average Bonchev–Trinajstić information content (AvgIpc) is 2.80. The molecule has 0 saturated carbocycles. The van der Waals surface area contributed by atoms with E-state index in [1.54, 1.807) is 12.1 Å². The Morgan fingerprint density at radius 1 is 1.00 bits per heavy atom. The van der Waals surface area contributed by atoms with Crippen LogP contribution >= 0.6 is 0 Å². The van der Waals surface area contributed by atoms with Crippen LogP contribution in [0.15, 0.2) is 70.1 Å². The molecule has 168 valence electrons. The molecular formula is C27H24O6. The minimum absolute atomic E-state index is 0.0326. The quantitative estimate of drug-likeness (QED) is 0.412. The fraction of sp³-hybridized carbons (Fsp3) is 0.185. The largest absolute Gasteiger partial charge is 0.508 e. The van der Waals surface area contributed by atoms with Gasteiger partial charge in [0.1, 0.15) is 23.3 Å². The summed E-state index contributed by atoms with van der Waals surface area (Å²) in [4.78, 5) is 25.6. The van der Waals surface area contributed by atoms with E-state index in [0.717, 1.165) is 16.7 Å². The smallest absolute Gasteiger partial charge is 0.306 e. The maximum atomic E-state index is 13.3. The molecule has 0 radical (unpaired) electrons. The molecule has 4 aromatic rings. The van der Waals surface area contributed by atoms with Crippen molar-refractivity contribution in [2.75, 3.05) is 7.11 Å². The van der Waals surface area contributed by atoms with Crippen molar-refractivity contribution in [1.29, 1.82) is 0 Å². The summed E-state index contributed by atoms with van der Waals surface area (Å²) in [6.45, 7) is 3.97. The number of hydrogen-bond donors (Lipinski definition) is 2. The molecule has 0 amide bonds. The molecule has 1 heterocycles. The van der Waals surface area contributed by atoms with E-state index in [1.165, 1.54) is 37.6 Å². The van der Waals surface area contributed by atoms with Crippen molar-refractivity contribution in [3.63, 3.8) is 0 Å². The second kappa shape index (κ2) is 8.82. The third kappa shape index (κ3) is 4.20. The summed E-state index contributed by atoms with van der Waals surface area (Å²) in [7, 11) is 1.31. The highest BCUT2D eigenvalue weighted by Gasteiger charge is 2.27. The molecule has 0 aliphatic heterocycles. The molecule has 1 atom stereocenters. The molecule has 0 spiro atoms. The lowest BCUT2D eigenvalue weighted by Gasteiger charge is -2.20. The summed E-state index contributed by atoms with van der Waals surface area (Å²) in [6, 6.07) is 15.0. The monoisotopic (exact) mass is 444 g/mol. The van der Waals surface area contributed by atoms with Gasteiger partial charge in [-0.3, -0.25) is 9.59 Å². The molecule has 0 aliphatic carbocycles. The first-order chi connectivity index (χ1) is 15.8. The molecule has 0 aliphatic rings. The fourth-order valence-electron chi connectivity index (χ4n) is 4.01. The third-order valence-corrected chi connectivity index (χ3v) is 6.02. The zero-order valence-electron chi connectivity index (χ0n) is 18.6. The topological polar surface area (TPSA) is 97.0 Å². The number of carbonyl (C=O) groups is 1. The number of aromatic hydroxyl groups is 2. The van der Waals surface area contributed by atoms with Crippen molar-refractivity contribution in [2.24, 2.45) is 0 Å². The van der Waals surface area contributed by atoms with E-state index in [2.05, 4.69) is 0 Å². The van der Waals surface area contributed by atoms with Gasteiger partial charge in [0, 0.05) is 11.5 Å². The zero-order chi connectivity index (χ0) is 23.7. The number of rotatable bonds is 5. The number of carbonyl (C=O) groups excluding carboxylic acids is 1. The van der Waals surface area contributed by atoms with Gasteiger partial charge in [0.15, 0.2) is 0 Å². The van der Waals surface area contributed by atoms with Gasteiger partial charge in [0.25, 0.3) is 0 Å².